The predicted octanol–water partition coefficient (Wildman–Crippen LogP) is 1.78. The van der Waals surface area contributed by atoms with E-state index in [-0.39, 0.29) is 5.84 Å². The van der Waals surface area contributed by atoms with Gasteiger partial charge in [-0.05, 0) is 25.0 Å². The Bertz CT molecular complexity index is 431. The molecule has 19 heavy (non-hydrogen) atoms. The molecule has 0 radical (unpaired) electrons. The van der Waals surface area contributed by atoms with Crippen LogP contribution in [0.3, 0.4) is 0 Å². The third kappa shape index (κ3) is 4.52. The molecule has 0 atom stereocenters. The summed E-state index contributed by atoms with van der Waals surface area (Å²) in [4.78, 5) is 6.69. The number of nitrogens with zero attached hydrogens (tertiary/aromatic N) is 2. The number of aromatic nitrogens is 1. The molecule has 3 N–H and O–H groups in total. The van der Waals surface area contributed by atoms with Crippen LogP contribution in [0.2, 0.25) is 0 Å². The van der Waals surface area contributed by atoms with Crippen LogP contribution in [-0.4, -0.2) is 37.6 Å². The lowest BCUT2D eigenvalue weighted by Gasteiger charge is -2.27. The molecule has 0 aliphatic rings. The fourth-order valence-corrected chi connectivity index (χ4v) is 1.92. The molecule has 0 saturated heterocycles. The number of nitrogens with one attached hydrogen (secondary N) is 1. The van der Waals surface area contributed by atoms with Gasteiger partial charge in [0.25, 0.3) is 0 Å². The molecule has 0 fully saturated rings. The normalized spacial score (nSPS) is 10.8. The zero-order valence-electron chi connectivity index (χ0n) is 12.2. The number of pyridine rings is 1. The second kappa shape index (κ2) is 7.09. The first-order valence-electron chi connectivity index (χ1n) is 6.51. The first kappa shape index (κ1) is 15.4. The van der Waals surface area contributed by atoms with Gasteiger partial charge in [0.05, 0.1) is 12.2 Å². The Kier molecular flexibility index (Phi) is 5.76. The number of anilines is 1. The summed E-state index contributed by atoms with van der Waals surface area (Å²) in [7, 11) is 1.68. The van der Waals surface area contributed by atoms with Crippen LogP contribution >= 0.6 is 0 Å². The van der Waals surface area contributed by atoms with Crippen LogP contribution in [0.15, 0.2) is 12.1 Å². The number of nitrogen functional groups attached to an aromatic ring is 1. The minimum atomic E-state index is 0.0497. The maximum absolute atomic E-state index is 7.68. The van der Waals surface area contributed by atoms with Crippen LogP contribution in [0.5, 0.6) is 0 Å². The van der Waals surface area contributed by atoms with Crippen molar-refractivity contribution in [2.75, 3.05) is 31.7 Å². The van der Waals surface area contributed by atoms with Crippen molar-refractivity contribution in [2.45, 2.75) is 20.8 Å². The Morgan fingerprint density at radius 2 is 2.16 bits per heavy atom. The predicted molar refractivity (Wildman–Crippen MR) is 78.9 cm³/mol. The first-order valence-corrected chi connectivity index (χ1v) is 6.51. The van der Waals surface area contributed by atoms with Crippen molar-refractivity contribution in [3.05, 3.63) is 23.4 Å². The molecule has 1 aromatic heterocycles. The van der Waals surface area contributed by atoms with Gasteiger partial charge in [0.1, 0.15) is 11.7 Å². The van der Waals surface area contributed by atoms with Gasteiger partial charge in [-0.3, -0.25) is 5.41 Å². The summed E-state index contributed by atoms with van der Waals surface area (Å²) in [6.07, 6.45) is 0. The van der Waals surface area contributed by atoms with Crippen molar-refractivity contribution < 1.29 is 4.74 Å². The molecule has 0 saturated carbocycles. The molecule has 1 rings (SSSR count). The van der Waals surface area contributed by atoms with E-state index >= 15 is 0 Å². The minimum absolute atomic E-state index is 0.0497. The van der Waals surface area contributed by atoms with Crippen LogP contribution in [0.4, 0.5) is 5.82 Å². The smallest absolute Gasteiger partial charge is 0.139 e. The van der Waals surface area contributed by atoms with Crippen molar-refractivity contribution in [3.8, 4) is 0 Å². The van der Waals surface area contributed by atoms with Crippen molar-refractivity contribution in [3.63, 3.8) is 0 Å². The Morgan fingerprint density at radius 1 is 1.47 bits per heavy atom. The monoisotopic (exact) mass is 264 g/mol. The summed E-state index contributed by atoms with van der Waals surface area (Å²) in [5, 5.41) is 7.68. The number of rotatable bonds is 7. The largest absolute Gasteiger partial charge is 0.384 e. The summed E-state index contributed by atoms with van der Waals surface area (Å²) >= 11 is 0. The van der Waals surface area contributed by atoms with Crippen molar-refractivity contribution in [1.82, 2.24) is 4.98 Å². The summed E-state index contributed by atoms with van der Waals surface area (Å²) in [6, 6.07) is 3.74. The number of methoxy groups -OCH3 is 1. The van der Waals surface area contributed by atoms with Crippen LogP contribution in [0, 0.1) is 18.3 Å². The van der Waals surface area contributed by atoms with Crippen LogP contribution < -0.4 is 10.6 Å². The van der Waals surface area contributed by atoms with E-state index in [2.05, 4.69) is 23.7 Å². The van der Waals surface area contributed by atoms with E-state index in [1.54, 1.807) is 7.11 Å². The highest BCUT2D eigenvalue weighted by Crippen LogP contribution is 2.19. The molecule has 5 nitrogen and oxygen atoms in total. The van der Waals surface area contributed by atoms with Gasteiger partial charge < -0.3 is 15.4 Å². The second-order valence-corrected chi connectivity index (χ2v) is 5.07. The molecule has 106 valence electrons. The average Bonchev–Trinajstić information content (AvgIpc) is 2.33. The molecule has 0 spiro atoms. The van der Waals surface area contributed by atoms with E-state index < -0.39 is 0 Å². The summed E-state index contributed by atoms with van der Waals surface area (Å²) in [5.41, 5.74) is 7.25. The highest BCUT2D eigenvalue weighted by atomic mass is 16.5. The molecule has 0 aliphatic carbocycles. The standard InChI is InChI=1S/C14H24N4O/c1-10(2)9-18(7-8-19-4)14-12(13(15)16)6-5-11(3)17-14/h5-6,10H,7-9H2,1-4H3,(H3,15,16). The molecule has 1 heterocycles. The maximum atomic E-state index is 7.68. The maximum Gasteiger partial charge on any atom is 0.139 e. The molecule has 0 bridgehead atoms. The van der Waals surface area contributed by atoms with Gasteiger partial charge in [-0.15, -0.1) is 0 Å². The average molecular weight is 264 g/mol. The Labute approximate surface area is 115 Å². The first-order chi connectivity index (χ1) is 8.95. The van der Waals surface area contributed by atoms with Gasteiger partial charge in [0.15, 0.2) is 0 Å². The minimum Gasteiger partial charge on any atom is -0.384 e. The fraction of sp³-hybridized carbons (Fsp3) is 0.571. The Morgan fingerprint density at radius 3 is 2.68 bits per heavy atom. The third-order valence-corrected chi connectivity index (χ3v) is 2.75. The molecule has 1 aromatic rings. The highest BCUT2D eigenvalue weighted by Gasteiger charge is 2.16. The van der Waals surface area contributed by atoms with Crippen LogP contribution in [0.25, 0.3) is 0 Å². The van der Waals surface area contributed by atoms with E-state index in [9.17, 15) is 0 Å². The lowest BCUT2D eigenvalue weighted by molar-refractivity contribution is 0.204. The molecule has 0 aromatic carbocycles. The number of ether oxygens (including phenoxy) is 1. The second-order valence-electron chi connectivity index (χ2n) is 5.07. The zero-order valence-corrected chi connectivity index (χ0v) is 12.2. The van der Waals surface area contributed by atoms with E-state index in [1.165, 1.54) is 0 Å². The number of hydrogen-bond donors (Lipinski definition) is 2. The van der Waals surface area contributed by atoms with E-state index in [1.807, 2.05) is 19.1 Å². The van der Waals surface area contributed by atoms with E-state index in [0.29, 0.717) is 18.1 Å². The Balaban J connectivity index is 3.11. The zero-order chi connectivity index (χ0) is 14.4. The number of hydrogen-bond acceptors (Lipinski definition) is 4. The van der Waals surface area contributed by atoms with Gasteiger partial charge >= 0.3 is 0 Å². The summed E-state index contributed by atoms with van der Waals surface area (Å²) in [5.74, 6) is 1.32. The van der Waals surface area contributed by atoms with Gasteiger partial charge in [-0.25, -0.2) is 4.98 Å². The molecule has 0 aliphatic heterocycles. The number of amidine groups is 1. The van der Waals surface area contributed by atoms with Gasteiger partial charge in [-0.2, -0.15) is 0 Å². The van der Waals surface area contributed by atoms with Crippen molar-refractivity contribution in [1.29, 1.82) is 5.41 Å². The molecular formula is C14H24N4O. The molecule has 5 heteroatoms. The lowest BCUT2D eigenvalue weighted by Crippen LogP contribution is -2.34. The molecular weight excluding hydrogens is 240 g/mol. The van der Waals surface area contributed by atoms with E-state index in [4.69, 9.17) is 15.9 Å². The Hall–Kier alpha value is -1.62. The number of nitrogens with two attached hydrogens (primary N) is 1. The molecule has 0 unspecified atom stereocenters. The van der Waals surface area contributed by atoms with E-state index in [0.717, 1.165) is 24.6 Å². The van der Waals surface area contributed by atoms with Gasteiger partial charge in [0.2, 0.25) is 0 Å². The summed E-state index contributed by atoms with van der Waals surface area (Å²) in [6.45, 7) is 8.48. The third-order valence-electron chi connectivity index (χ3n) is 2.75. The highest BCUT2D eigenvalue weighted by molar-refractivity contribution is 5.99. The fourth-order valence-electron chi connectivity index (χ4n) is 1.92. The van der Waals surface area contributed by atoms with Crippen LogP contribution in [0.1, 0.15) is 25.1 Å². The van der Waals surface area contributed by atoms with Crippen LogP contribution in [-0.2, 0) is 4.74 Å². The molecule has 0 amide bonds. The van der Waals surface area contributed by atoms with Crippen molar-refractivity contribution >= 4 is 11.7 Å². The number of aryl methyl sites for hydroxylation is 1. The SMILES string of the molecule is COCCN(CC(C)C)c1nc(C)ccc1C(=N)N. The quantitative estimate of drug-likeness (QED) is 0.581. The lowest BCUT2D eigenvalue weighted by atomic mass is 10.1. The van der Waals surface area contributed by atoms with Gasteiger partial charge in [0, 0.05) is 25.9 Å². The summed E-state index contributed by atoms with van der Waals surface area (Å²) < 4.78 is 5.15. The van der Waals surface area contributed by atoms with Crippen molar-refractivity contribution in [2.24, 2.45) is 11.7 Å². The van der Waals surface area contributed by atoms with Gasteiger partial charge in [-0.1, -0.05) is 13.8 Å². The topological polar surface area (TPSA) is 75.2 Å².